The number of alkyl halides is 3. The van der Waals surface area contributed by atoms with E-state index in [-0.39, 0.29) is 11.1 Å². The van der Waals surface area contributed by atoms with Crippen LogP contribution >= 0.6 is 0 Å². The minimum absolute atomic E-state index is 0.00179. The van der Waals surface area contributed by atoms with Crippen molar-refractivity contribution in [2.75, 3.05) is 0 Å². The molecule has 0 radical (unpaired) electrons. The summed E-state index contributed by atoms with van der Waals surface area (Å²) < 4.78 is 57.6. The predicted octanol–water partition coefficient (Wildman–Crippen LogP) is 4.50. The van der Waals surface area contributed by atoms with Gasteiger partial charge in [-0.1, -0.05) is 18.2 Å². The molecule has 3 rings (SSSR count). The topological polar surface area (TPSA) is 39.9 Å². The molecule has 0 saturated heterocycles. The van der Waals surface area contributed by atoms with E-state index in [1.54, 1.807) is 14.0 Å². The number of para-hydroxylation sites is 1. The lowest BCUT2D eigenvalue weighted by atomic mass is 10.0. The first-order valence-electron chi connectivity index (χ1n) is 7.27. The molecular formula is C17H13F4N3O. The number of halogens is 4. The minimum Gasteiger partial charge on any atom is -0.405 e. The Bertz CT molecular complexity index is 918. The monoisotopic (exact) mass is 351 g/mol. The highest BCUT2D eigenvalue weighted by Gasteiger charge is 2.32. The van der Waals surface area contributed by atoms with E-state index in [4.69, 9.17) is 0 Å². The van der Waals surface area contributed by atoms with E-state index in [9.17, 15) is 17.6 Å². The second kappa shape index (κ2) is 6.19. The molecule has 0 amide bonds. The average Bonchev–Trinajstić information content (AvgIpc) is 2.86. The van der Waals surface area contributed by atoms with Gasteiger partial charge >= 0.3 is 6.36 Å². The summed E-state index contributed by atoms with van der Waals surface area (Å²) in [6, 6.07) is 9.51. The number of benzene rings is 2. The Balaban J connectivity index is 2.13. The molecule has 0 unspecified atom stereocenters. The maximum absolute atomic E-state index is 14.3. The molecule has 0 bridgehead atoms. The van der Waals surface area contributed by atoms with Crippen molar-refractivity contribution >= 4 is 0 Å². The summed E-state index contributed by atoms with van der Waals surface area (Å²) >= 11 is 0. The van der Waals surface area contributed by atoms with Crippen LogP contribution < -0.4 is 4.74 Å². The number of nitrogens with zero attached hydrogens (tertiary/aromatic N) is 3. The molecule has 8 heteroatoms. The van der Waals surface area contributed by atoms with Gasteiger partial charge in [0.15, 0.2) is 5.82 Å². The summed E-state index contributed by atoms with van der Waals surface area (Å²) in [6.45, 7) is 1.71. The summed E-state index contributed by atoms with van der Waals surface area (Å²) in [4.78, 5) is 4.24. The van der Waals surface area contributed by atoms with Gasteiger partial charge in [0.2, 0.25) is 0 Å². The molecule has 0 N–H and O–H groups in total. The molecule has 130 valence electrons. The minimum atomic E-state index is -4.87. The van der Waals surface area contributed by atoms with Crippen molar-refractivity contribution in [3.63, 3.8) is 0 Å². The average molecular weight is 351 g/mol. The van der Waals surface area contributed by atoms with Crippen molar-refractivity contribution in [1.82, 2.24) is 14.8 Å². The third kappa shape index (κ3) is 3.62. The fraction of sp³-hybridized carbons (Fsp3) is 0.176. The molecule has 0 fully saturated rings. The molecule has 25 heavy (non-hydrogen) atoms. The number of ether oxygens (including phenoxy) is 1. The van der Waals surface area contributed by atoms with E-state index in [1.807, 2.05) is 0 Å². The van der Waals surface area contributed by atoms with Crippen LogP contribution in [-0.4, -0.2) is 21.1 Å². The molecule has 0 aliphatic rings. The van der Waals surface area contributed by atoms with Crippen LogP contribution in [0, 0.1) is 12.7 Å². The highest BCUT2D eigenvalue weighted by atomic mass is 19.4. The number of hydrogen-bond donors (Lipinski definition) is 0. The van der Waals surface area contributed by atoms with Crippen LogP contribution in [0.1, 0.15) is 5.82 Å². The standard InChI is InChI=1S/C17H13F4N3O/c1-10-22-16(24(2)23-10)11-7-8-14(18)13(9-11)12-5-3-4-6-15(12)25-17(19,20)21/h3-9H,1-2H3. The van der Waals surface area contributed by atoms with E-state index in [0.717, 1.165) is 6.07 Å². The third-order valence-electron chi connectivity index (χ3n) is 3.50. The molecule has 2 aromatic carbocycles. The maximum Gasteiger partial charge on any atom is 0.573 e. The van der Waals surface area contributed by atoms with Gasteiger partial charge < -0.3 is 4.74 Å². The maximum atomic E-state index is 14.3. The molecule has 0 spiro atoms. The van der Waals surface area contributed by atoms with Crippen molar-refractivity contribution in [1.29, 1.82) is 0 Å². The van der Waals surface area contributed by atoms with E-state index < -0.39 is 17.9 Å². The zero-order chi connectivity index (χ0) is 18.2. The lowest BCUT2D eigenvalue weighted by Gasteiger charge is -2.14. The van der Waals surface area contributed by atoms with Crippen LogP contribution in [0.15, 0.2) is 42.5 Å². The largest absolute Gasteiger partial charge is 0.573 e. The highest BCUT2D eigenvalue weighted by molar-refractivity contribution is 5.75. The van der Waals surface area contributed by atoms with Gasteiger partial charge in [0.25, 0.3) is 0 Å². The van der Waals surface area contributed by atoms with Gasteiger partial charge in [0, 0.05) is 23.7 Å². The second-order valence-corrected chi connectivity index (χ2v) is 5.34. The van der Waals surface area contributed by atoms with E-state index in [2.05, 4.69) is 14.8 Å². The molecule has 1 aromatic heterocycles. The summed E-state index contributed by atoms with van der Waals surface area (Å²) in [5.74, 6) is -0.127. The molecule has 0 aliphatic carbocycles. The molecule has 0 aliphatic heterocycles. The summed E-state index contributed by atoms with van der Waals surface area (Å²) in [5, 5.41) is 4.12. The zero-order valence-corrected chi connectivity index (χ0v) is 13.3. The predicted molar refractivity (Wildman–Crippen MR) is 83.3 cm³/mol. The smallest absolute Gasteiger partial charge is 0.405 e. The van der Waals surface area contributed by atoms with E-state index in [1.165, 1.54) is 41.1 Å². The first-order chi connectivity index (χ1) is 11.7. The second-order valence-electron chi connectivity index (χ2n) is 5.34. The Kier molecular flexibility index (Phi) is 4.20. The fourth-order valence-electron chi connectivity index (χ4n) is 2.54. The van der Waals surface area contributed by atoms with Gasteiger partial charge in [0.1, 0.15) is 17.4 Å². The summed E-state index contributed by atoms with van der Waals surface area (Å²) in [6.07, 6.45) is -4.87. The van der Waals surface area contributed by atoms with Gasteiger partial charge in [-0.2, -0.15) is 5.10 Å². The van der Waals surface area contributed by atoms with Crippen molar-refractivity contribution in [3.8, 4) is 28.3 Å². The third-order valence-corrected chi connectivity index (χ3v) is 3.50. The molecule has 0 saturated carbocycles. The number of hydrogen-bond acceptors (Lipinski definition) is 3. The molecule has 3 aromatic rings. The summed E-state index contributed by atoms with van der Waals surface area (Å²) in [5.41, 5.74) is 0.511. The van der Waals surface area contributed by atoms with Crippen LogP contribution in [-0.2, 0) is 7.05 Å². The van der Waals surface area contributed by atoms with Crippen LogP contribution in [0.4, 0.5) is 17.6 Å². The Labute approximate surface area is 140 Å². The summed E-state index contributed by atoms with van der Waals surface area (Å²) in [7, 11) is 1.68. The Hall–Kier alpha value is -2.90. The van der Waals surface area contributed by atoms with Crippen molar-refractivity contribution in [3.05, 3.63) is 54.1 Å². The van der Waals surface area contributed by atoms with E-state index >= 15 is 0 Å². The molecule has 4 nitrogen and oxygen atoms in total. The highest BCUT2D eigenvalue weighted by Crippen LogP contribution is 2.36. The number of rotatable bonds is 3. The van der Waals surface area contributed by atoms with Gasteiger partial charge in [-0.3, -0.25) is 0 Å². The Morgan fingerprint density at radius 1 is 1.04 bits per heavy atom. The lowest BCUT2D eigenvalue weighted by Crippen LogP contribution is -2.17. The first kappa shape index (κ1) is 16.9. The SMILES string of the molecule is Cc1nc(-c2ccc(F)c(-c3ccccc3OC(F)(F)F)c2)n(C)n1. The Morgan fingerprint density at radius 3 is 2.40 bits per heavy atom. The van der Waals surface area contributed by atoms with Gasteiger partial charge in [0.05, 0.1) is 0 Å². The Morgan fingerprint density at radius 2 is 1.76 bits per heavy atom. The fourth-order valence-corrected chi connectivity index (χ4v) is 2.54. The lowest BCUT2D eigenvalue weighted by molar-refractivity contribution is -0.274. The van der Waals surface area contributed by atoms with Crippen molar-refractivity contribution < 1.29 is 22.3 Å². The number of aromatic nitrogens is 3. The molecule has 1 heterocycles. The van der Waals surface area contributed by atoms with Gasteiger partial charge in [-0.15, -0.1) is 13.2 Å². The molecule has 0 atom stereocenters. The van der Waals surface area contributed by atoms with E-state index in [0.29, 0.717) is 17.2 Å². The van der Waals surface area contributed by atoms with Crippen LogP contribution in [0.2, 0.25) is 0 Å². The normalized spacial score (nSPS) is 11.6. The van der Waals surface area contributed by atoms with Crippen LogP contribution in [0.25, 0.3) is 22.5 Å². The van der Waals surface area contributed by atoms with Crippen molar-refractivity contribution in [2.45, 2.75) is 13.3 Å². The first-order valence-corrected chi connectivity index (χ1v) is 7.27. The van der Waals surface area contributed by atoms with Gasteiger partial charge in [-0.05, 0) is 31.2 Å². The molecular weight excluding hydrogens is 338 g/mol. The number of aryl methyl sites for hydroxylation is 2. The van der Waals surface area contributed by atoms with Crippen LogP contribution in [0.3, 0.4) is 0 Å². The van der Waals surface area contributed by atoms with Crippen LogP contribution in [0.5, 0.6) is 5.75 Å². The van der Waals surface area contributed by atoms with Gasteiger partial charge in [-0.25, -0.2) is 14.1 Å². The van der Waals surface area contributed by atoms with Crippen molar-refractivity contribution in [2.24, 2.45) is 7.05 Å². The quantitative estimate of drug-likeness (QED) is 0.653. The zero-order valence-electron chi connectivity index (χ0n) is 13.3.